The van der Waals surface area contributed by atoms with Crippen LogP contribution in [0.15, 0.2) is 36.7 Å². The van der Waals surface area contributed by atoms with Gasteiger partial charge >= 0.3 is 0 Å². The molecule has 94 valence electrons. The first-order valence-corrected chi connectivity index (χ1v) is 6.81. The molecule has 0 bridgehead atoms. The average molecular weight is 241 g/mol. The molecule has 2 nitrogen and oxygen atoms in total. The summed E-state index contributed by atoms with van der Waals surface area (Å²) in [6, 6.07) is 8.20. The molecule has 1 aliphatic rings. The van der Waals surface area contributed by atoms with E-state index in [-0.39, 0.29) is 0 Å². The van der Waals surface area contributed by atoms with Crippen LogP contribution in [0.25, 0.3) is 10.8 Å². The van der Waals surface area contributed by atoms with E-state index in [9.17, 15) is 5.11 Å². The number of aromatic nitrogens is 1. The van der Waals surface area contributed by atoms with Crippen LogP contribution in [0, 0.1) is 5.92 Å². The second-order valence-electron chi connectivity index (χ2n) is 5.32. The van der Waals surface area contributed by atoms with Gasteiger partial charge in [0.15, 0.2) is 0 Å². The maximum absolute atomic E-state index is 11.1. The SMILES string of the molecule is CCC1CCCC1(O)c1cccc2ccncc12. The highest BCUT2D eigenvalue weighted by atomic mass is 16.3. The third kappa shape index (κ3) is 1.64. The second-order valence-corrected chi connectivity index (χ2v) is 5.32. The molecule has 1 N–H and O–H groups in total. The first-order valence-electron chi connectivity index (χ1n) is 6.81. The zero-order valence-electron chi connectivity index (χ0n) is 10.8. The van der Waals surface area contributed by atoms with Gasteiger partial charge in [-0.25, -0.2) is 0 Å². The van der Waals surface area contributed by atoms with Gasteiger partial charge in [-0.15, -0.1) is 0 Å². The molecule has 18 heavy (non-hydrogen) atoms. The topological polar surface area (TPSA) is 33.1 Å². The van der Waals surface area contributed by atoms with Crippen LogP contribution in [-0.4, -0.2) is 10.1 Å². The first kappa shape index (κ1) is 11.7. The van der Waals surface area contributed by atoms with E-state index in [4.69, 9.17) is 0 Å². The Bertz CT molecular complexity index is 561. The van der Waals surface area contributed by atoms with Gasteiger partial charge in [0.1, 0.15) is 0 Å². The number of hydrogen-bond donors (Lipinski definition) is 1. The van der Waals surface area contributed by atoms with E-state index in [0.717, 1.165) is 42.0 Å². The fraction of sp³-hybridized carbons (Fsp3) is 0.438. The number of pyridine rings is 1. The molecule has 0 spiro atoms. The van der Waals surface area contributed by atoms with Gasteiger partial charge in [-0.2, -0.15) is 0 Å². The van der Waals surface area contributed by atoms with Gasteiger partial charge in [-0.1, -0.05) is 31.5 Å². The van der Waals surface area contributed by atoms with Crippen molar-refractivity contribution in [2.75, 3.05) is 0 Å². The van der Waals surface area contributed by atoms with Crippen molar-refractivity contribution in [2.24, 2.45) is 5.92 Å². The first-order chi connectivity index (χ1) is 8.75. The molecule has 0 saturated heterocycles. The monoisotopic (exact) mass is 241 g/mol. The predicted molar refractivity (Wildman–Crippen MR) is 73.3 cm³/mol. The van der Waals surface area contributed by atoms with Gasteiger partial charge in [0.2, 0.25) is 0 Å². The second kappa shape index (κ2) is 4.36. The van der Waals surface area contributed by atoms with Gasteiger partial charge < -0.3 is 5.11 Å². The van der Waals surface area contributed by atoms with Crippen LogP contribution in [0.3, 0.4) is 0 Å². The highest BCUT2D eigenvalue weighted by molar-refractivity contribution is 5.85. The summed E-state index contributed by atoms with van der Waals surface area (Å²) in [6.45, 7) is 2.17. The number of benzene rings is 1. The molecule has 0 aliphatic heterocycles. The van der Waals surface area contributed by atoms with Gasteiger partial charge in [0.05, 0.1) is 5.60 Å². The van der Waals surface area contributed by atoms with Gasteiger partial charge in [-0.3, -0.25) is 4.98 Å². The normalized spacial score (nSPS) is 27.8. The Labute approximate surface area is 108 Å². The van der Waals surface area contributed by atoms with Crippen LogP contribution >= 0.6 is 0 Å². The fourth-order valence-corrected chi connectivity index (χ4v) is 3.45. The quantitative estimate of drug-likeness (QED) is 0.871. The molecule has 1 saturated carbocycles. The Balaban J connectivity index is 2.19. The number of rotatable bonds is 2. The summed E-state index contributed by atoms with van der Waals surface area (Å²) in [4.78, 5) is 4.22. The zero-order chi connectivity index (χ0) is 12.6. The molecule has 1 aromatic heterocycles. The molecule has 0 amide bonds. The van der Waals surface area contributed by atoms with Crippen molar-refractivity contribution < 1.29 is 5.11 Å². The minimum Gasteiger partial charge on any atom is -0.385 e. The van der Waals surface area contributed by atoms with E-state index in [1.807, 2.05) is 24.5 Å². The molecule has 2 aromatic rings. The van der Waals surface area contributed by atoms with Crippen molar-refractivity contribution in [3.8, 4) is 0 Å². The average Bonchev–Trinajstić information content (AvgIpc) is 2.80. The Morgan fingerprint density at radius 3 is 3.11 bits per heavy atom. The molecule has 1 heterocycles. The Hall–Kier alpha value is -1.41. The zero-order valence-corrected chi connectivity index (χ0v) is 10.8. The lowest BCUT2D eigenvalue weighted by Gasteiger charge is -2.31. The molecule has 1 aromatic carbocycles. The molecular weight excluding hydrogens is 222 g/mol. The van der Waals surface area contributed by atoms with Crippen LogP contribution < -0.4 is 0 Å². The summed E-state index contributed by atoms with van der Waals surface area (Å²) in [6.07, 6.45) is 7.84. The van der Waals surface area contributed by atoms with E-state index in [1.54, 1.807) is 0 Å². The number of nitrogens with zero attached hydrogens (tertiary/aromatic N) is 1. The van der Waals surface area contributed by atoms with Crippen molar-refractivity contribution >= 4 is 10.8 Å². The predicted octanol–water partition coefficient (Wildman–Crippen LogP) is 3.63. The van der Waals surface area contributed by atoms with Crippen molar-refractivity contribution in [1.82, 2.24) is 4.98 Å². The lowest BCUT2D eigenvalue weighted by Crippen LogP contribution is -2.30. The van der Waals surface area contributed by atoms with Crippen molar-refractivity contribution in [3.05, 3.63) is 42.2 Å². The third-order valence-electron chi connectivity index (χ3n) is 4.43. The van der Waals surface area contributed by atoms with Crippen molar-refractivity contribution in [2.45, 2.75) is 38.2 Å². The largest absolute Gasteiger partial charge is 0.385 e. The van der Waals surface area contributed by atoms with Crippen LogP contribution in [-0.2, 0) is 5.60 Å². The van der Waals surface area contributed by atoms with E-state index in [1.165, 1.54) is 0 Å². The maximum Gasteiger partial charge on any atom is 0.0931 e. The summed E-state index contributed by atoms with van der Waals surface area (Å²) in [5.41, 5.74) is 0.412. The Kier molecular flexibility index (Phi) is 2.83. The summed E-state index contributed by atoms with van der Waals surface area (Å²) in [7, 11) is 0. The molecule has 0 radical (unpaired) electrons. The third-order valence-corrected chi connectivity index (χ3v) is 4.43. The van der Waals surface area contributed by atoms with E-state index < -0.39 is 5.60 Å². The minimum absolute atomic E-state index is 0.378. The van der Waals surface area contributed by atoms with Crippen LogP contribution in [0.4, 0.5) is 0 Å². The van der Waals surface area contributed by atoms with Crippen LogP contribution in [0.1, 0.15) is 38.2 Å². The Morgan fingerprint density at radius 2 is 2.28 bits per heavy atom. The van der Waals surface area contributed by atoms with E-state index >= 15 is 0 Å². The number of hydrogen-bond acceptors (Lipinski definition) is 2. The Morgan fingerprint density at radius 1 is 1.39 bits per heavy atom. The van der Waals surface area contributed by atoms with Crippen molar-refractivity contribution in [1.29, 1.82) is 0 Å². The van der Waals surface area contributed by atoms with E-state index in [2.05, 4.69) is 24.0 Å². The molecule has 1 aliphatic carbocycles. The van der Waals surface area contributed by atoms with Crippen molar-refractivity contribution in [3.63, 3.8) is 0 Å². The van der Waals surface area contributed by atoms with Gasteiger partial charge in [0, 0.05) is 17.8 Å². The van der Waals surface area contributed by atoms with E-state index in [0.29, 0.717) is 5.92 Å². The summed E-state index contributed by atoms with van der Waals surface area (Å²) >= 11 is 0. The molecular formula is C16H19NO. The number of aliphatic hydroxyl groups is 1. The van der Waals surface area contributed by atoms with Crippen LogP contribution in [0.2, 0.25) is 0 Å². The molecule has 2 atom stereocenters. The molecule has 3 rings (SSSR count). The summed E-state index contributed by atoms with van der Waals surface area (Å²) in [5, 5.41) is 13.4. The smallest absolute Gasteiger partial charge is 0.0931 e. The molecule has 2 heteroatoms. The van der Waals surface area contributed by atoms with Crippen LogP contribution in [0.5, 0.6) is 0 Å². The minimum atomic E-state index is -0.655. The molecule has 2 unspecified atom stereocenters. The summed E-state index contributed by atoms with van der Waals surface area (Å²) < 4.78 is 0. The highest BCUT2D eigenvalue weighted by Crippen LogP contribution is 2.46. The lowest BCUT2D eigenvalue weighted by molar-refractivity contribution is -0.00247. The fourth-order valence-electron chi connectivity index (χ4n) is 3.45. The highest BCUT2D eigenvalue weighted by Gasteiger charge is 2.42. The summed E-state index contributed by atoms with van der Waals surface area (Å²) in [5.74, 6) is 0.378. The standard InChI is InChI=1S/C16H19NO/c1-2-13-6-4-9-16(13,18)15-7-3-5-12-8-10-17-11-14(12)15/h3,5,7-8,10-11,13,18H,2,4,6,9H2,1H3. The van der Waals surface area contributed by atoms with Gasteiger partial charge in [0.25, 0.3) is 0 Å². The lowest BCUT2D eigenvalue weighted by atomic mass is 9.80. The van der Waals surface area contributed by atoms with Gasteiger partial charge in [-0.05, 0) is 42.2 Å². The number of fused-ring (bicyclic) bond motifs is 1. The molecule has 1 fully saturated rings. The maximum atomic E-state index is 11.1.